The molecule has 1 radical (unpaired) electrons. The molecule has 0 N–H and O–H groups in total. The molecule has 0 unspecified atom stereocenters. The molecule has 0 rings (SSSR count). The highest BCUT2D eigenvalue weighted by Gasteiger charge is 2.23. The Morgan fingerprint density at radius 1 is 1.67 bits per heavy atom. The van der Waals surface area contributed by atoms with Crippen LogP contribution >= 0.6 is 11.6 Å². The Morgan fingerprint density at radius 2 is 1.83 bits per heavy atom. The fourth-order valence-electron chi connectivity index (χ4n) is 0. The van der Waals surface area contributed by atoms with Crippen molar-refractivity contribution in [3.8, 4) is 0 Å². The van der Waals surface area contributed by atoms with E-state index in [9.17, 15) is 8.78 Å². The molecule has 0 aliphatic rings. The fraction of sp³-hybridized carbons (Fsp3) is 0.500. The second-order valence-electron chi connectivity index (χ2n) is 0.600. The molecule has 0 saturated carbocycles. The van der Waals surface area contributed by atoms with Crippen molar-refractivity contribution >= 4 is 17.9 Å². The Hall–Kier alpha value is -0.180. The van der Waals surface area contributed by atoms with Crippen LogP contribution in [0.15, 0.2) is 0 Å². The fourth-order valence-corrected chi connectivity index (χ4v) is 0. The van der Waals surface area contributed by atoms with Crippen LogP contribution in [0.25, 0.3) is 0 Å². The summed E-state index contributed by atoms with van der Waals surface area (Å²) in [4.78, 5) is 8.82. The SMILES string of the molecule is O=[C]C(F)(F)Cl. The van der Waals surface area contributed by atoms with Crippen molar-refractivity contribution in [3.05, 3.63) is 0 Å². The van der Waals surface area contributed by atoms with Crippen molar-refractivity contribution in [1.29, 1.82) is 0 Å². The number of halogens is 3. The van der Waals surface area contributed by atoms with Gasteiger partial charge in [-0.3, -0.25) is 4.79 Å². The largest absolute Gasteiger partial charge is 0.388 e. The van der Waals surface area contributed by atoms with Gasteiger partial charge in [-0.05, 0) is 11.6 Å². The predicted molar refractivity (Wildman–Crippen MR) is 16.5 cm³/mol. The van der Waals surface area contributed by atoms with Crippen molar-refractivity contribution < 1.29 is 13.6 Å². The van der Waals surface area contributed by atoms with Gasteiger partial charge in [-0.2, -0.15) is 8.78 Å². The molecule has 0 heterocycles. The summed E-state index contributed by atoms with van der Waals surface area (Å²) in [5.41, 5.74) is 0. The number of hydrogen-bond acceptors (Lipinski definition) is 1. The van der Waals surface area contributed by atoms with E-state index >= 15 is 0 Å². The van der Waals surface area contributed by atoms with Crippen LogP contribution < -0.4 is 0 Å². The Balaban J connectivity index is 3.45. The van der Waals surface area contributed by atoms with Crippen LogP contribution in [-0.2, 0) is 4.79 Å². The topological polar surface area (TPSA) is 17.1 Å². The molecule has 0 atom stereocenters. The molecule has 0 aromatic carbocycles. The monoisotopic (exact) mass is 113 g/mol. The molecule has 0 bridgehead atoms. The van der Waals surface area contributed by atoms with E-state index in [4.69, 9.17) is 4.79 Å². The zero-order valence-corrected chi connectivity index (χ0v) is 3.30. The molecule has 0 aromatic heterocycles. The third-order valence-corrected chi connectivity index (χ3v) is 0.193. The van der Waals surface area contributed by atoms with E-state index in [2.05, 4.69) is 11.6 Å². The third kappa shape index (κ3) is 3.82. The molecule has 1 nitrogen and oxygen atoms in total. The lowest BCUT2D eigenvalue weighted by Gasteiger charge is -1.87. The number of carbonyl (C=O) groups excluding carboxylic acids is 1. The first-order valence-corrected chi connectivity index (χ1v) is 1.40. The second kappa shape index (κ2) is 1.51. The van der Waals surface area contributed by atoms with Gasteiger partial charge in [0, 0.05) is 0 Å². The molecular formula is C2ClF2O. The zero-order valence-electron chi connectivity index (χ0n) is 2.54. The molecule has 35 valence electrons. The summed E-state index contributed by atoms with van der Waals surface area (Å²) in [5, 5.41) is -3.79. The zero-order chi connectivity index (χ0) is 5.21. The summed E-state index contributed by atoms with van der Waals surface area (Å²) in [7, 11) is 0. The summed E-state index contributed by atoms with van der Waals surface area (Å²) in [5.74, 6) is 0. The summed E-state index contributed by atoms with van der Waals surface area (Å²) in [6, 6.07) is 0. The summed E-state index contributed by atoms with van der Waals surface area (Å²) in [6.45, 7) is 0. The maximum absolute atomic E-state index is 10.8. The highest BCUT2D eigenvalue weighted by atomic mass is 35.5. The van der Waals surface area contributed by atoms with Gasteiger partial charge in [-0.1, -0.05) is 0 Å². The Morgan fingerprint density at radius 3 is 1.83 bits per heavy atom. The van der Waals surface area contributed by atoms with Gasteiger partial charge in [-0.25, -0.2) is 0 Å². The molecule has 0 fully saturated rings. The maximum Gasteiger partial charge on any atom is 0.388 e. The predicted octanol–water partition coefficient (Wildman–Crippen LogP) is 0.928. The van der Waals surface area contributed by atoms with Crippen LogP contribution in [0.1, 0.15) is 0 Å². The standard InChI is InChI=1S/C2ClF2O/c3-2(4,5)1-6. The smallest absolute Gasteiger partial charge is 0.282 e. The minimum atomic E-state index is -3.79. The van der Waals surface area contributed by atoms with Gasteiger partial charge < -0.3 is 0 Å². The molecule has 0 aromatic rings. The minimum Gasteiger partial charge on any atom is -0.282 e. The quantitative estimate of drug-likeness (QED) is 0.463. The van der Waals surface area contributed by atoms with Crippen LogP contribution in [0.3, 0.4) is 0 Å². The minimum absolute atomic E-state index is 0.286. The van der Waals surface area contributed by atoms with Gasteiger partial charge in [-0.15, -0.1) is 0 Å². The van der Waals surface area contributed by atoms with Gasteiger partial charge in [0.15, 0.2) is 0 Å². The summed E-state index contributed by atoms with van der Waals surface area (Å²) >= 11 is 3.96. The van der Waals surface area contributed by atoms with Crippen molar-refractivity contribution in [2.45, 2.75) is 5.38 Å². The van der Waals surface area contributed by atoms with E-state index in [0.717, 1.165) is 0 Å². The number of rotatable bonds is 1. The molecule has 0 amide bonds. The maximum atomic E-state index is 10.8. The Labute approximate surface area is 37.9 Å². The van der Waals surface area contributed by atoms with Crippen LogP contribution in [0.5, 0.6) is 0 Å². The Kier molecular flexibility index (Phi) is 1.47. The molecule has 4 heteroatoms. The average Bonchev–Trinajstić information content (AvgIpc) is 1.35. The summed E-state index contributed by atoms with van der Waals surface area (Å²) in [6.07, 6.45) is 0.286. The van der Waals surface area contributed by atoms with E-state index in [-0.39, 0.29) is 6.29 Å². The van der Waals surface area contributed by atoms with Gasteiger partial charge in [0.05, 0.1) is 0 Å². The first-order valence-electron chi connectivity index (χ1n) is 1.02. The van der Waals surface area contributed by atoms with Crippen molar-refractivity contribution in [3.63, 3.8) is 0 Å². The van der Waals surface area contributed by atoms with E-state index in [0.29, 0.717) is 0 Å². The highest BCUT2D eigenvalue weighted by molar-refractivity contribution is 6.28. The van der Waals surface area contributed by atoms with Gasteiger partial charge in [0.25, 0.3) is 6.29 Å². The molecule has 0 spiro atoms. The lowest BCUT2D eigenvalue weighted by Crippen LogP contribution is -2.04. The van der Waals surface area contributed by atoms with Gasteiger partial charge >= 0.3 is 5.38 Å². The molecule has 0 saturated heterocycles. The van der Waals surface area contributed by atoms with Gasteiger partial charge in [0.1, 0.15) is 0 Å². The normalized spacial score (nSPS) is 11.2. The van der Waals surface area contributed by atoms with Crippen molar-refractivity contribution in [2.24, 2.45) is 0 Å². The Bertz CT molecular complexity index is 57.1. The van der Waals surface area contributed by atoms with Crippen LogP contribution in [0, 0.1) is 0 Å². The molecular weight excluding hydrogens is 113 g/mol. The average molecular weight is 113 g/mol. The van der Waals surface area contributed by atoms with Crippen LogP contribution in [0.2, 0.25) is 0 Å². The molecule has 0 aliphatic carbocycles. The molecule has 0 aliphatic heterocycles. The number of alkyl halides is 3. The van der Waals surface area contributed by atoms with Crippen molar-refractivity contribution in [2.75, 3.05) is 0 Å². The first-order chi connectivity index (χ1) is 2.56. The van der Waals surface area contributed by atoms with Crippen LogP contribution in [0.4, 0.5) is 8.78 Å². The number of hydrogen-bond donors (Lipinski definition) is 0. The van der Waals surface area contributed by atoms with Gasteiger partial charge in [0.2, 0.25) is 0 Å². The van der Waals surface area contributed by atoms with E-state index in [1.54, 1.807) is 0 Å². The lowest BCUT2D eigenvalue weighted by molar-refractivity contribution is 0.169. The van der Waals surface area contributed by atoms with E-state index in [1.165, 1.54) is 0 Å². The van der Waals surface area contributed by atoms with Crippen molar-refractivity contribution in [1.82, 2.24) is 0 Å². The molecule has 6 heavy (non-hydrogen) atoms. The highest BCUT2D eigenvalue weighted by Crippen LogP contribution is 2.13. The van der Waals surface area contributed by atoms with E-state index < -0.39 is 5.38 Å². The van der Waals surface area contributed by atoms with Crippen LogP contribution in [-0.4, -0.2) is 11.7 Å². The summed E-state index contributed by atoms with van der Waals surface area (Å²) < 4.78 is 21.6. The first kappa shape index (κ1) is 5.82. The third-order valence-electron chi connectivity index (χ3n) is 0.116. The second-order valence-corrected chi connectivity index (χ2v) is 1.07. The van der Waals surface area contributed by atoms with E-state index in [1.807, 2.05) is 0 Å². The lowest BCUT2D eigenvalue weighted by atomic mass is 10.8.